The Labute approximate surface area is 171 Å². The minimum atomic E-state index is -0.636. The van der Waals surface area contributed by atoms with E-state index >= 15 is 0 Å². The van der Waals surface area contributed by atoms with Gasteiger partial charge in [0.25, 0.3) is 0 Å². The van der Waals surface area contributed by atoms with E-state index in [1.807, 2.05) is 36.4 Å². The second-order valence-electron chi connectivity index (χ2n) is 7.25. The second-order valence-corrected chi connectivity index (χ2v) is 7.25. The van der Waals surface area contributed by atoms with Gasteiger partial charge in [-0.1, -0.05) is 54.6 Å². The number of carbonyl (C=O) groups excluding carboxylic acids is 1. The maximum Gasteiger partial charge on any atom is 0.249 e. The van der Waals surface area contributed by atoms with Gasteiger partial charge >= 0.3 is 0 Å². The summed E-state index contributed by atoms with van der Waals surface area (Å²) in [6, 6.07) is 17.9. The summed E-state index contributed by atoms with van der Waals surface area (Å²) in [5.74, 6) is -0.247. The third kappa shape index (κ3) is 5.53. The largest absolute Gasteiger partial charge is 0.390 e. The Morgan fingerprint density at radius 3 is 2.59 bits per heavy atom. The van der Waals surface area contributed by atoms with Gasteiger partial charge in [-0.25, -0.2) is 0 Å². The number of rotatable bonds is 8. The molecule has 3 N–H and O–H groups in total. The van der Waals surface area contributed by atoms with Crippen LogP contribution >= 0.6 is 0 Å². The van der Waals surface area contributed by atoms with Crippen LogP contribution in [0.1, 0.15) is 23.6 Å². The topological polar surface area (TPSA) is 77.0 Å². The van der Waals surface area contributed by atoms with Crippen LogP contribution in [0.4, 0.5) is 0 Å². The molecule has 2 aromatic rings. The average Bonchev–Trinajstić information content (AvgIpc) is 2.76. The van der Waals surface area contributed by atoms with Gasteiger partial charge in [0.05, 0.1) is 11.8 Å². The fourth-order valence-corrected chi connectivity index (χ4v) is 3.58. The molecule has 3 rings (SSSR count). The standard InChI is InChI=1S/C23H28N4O2/c1-17(22(26-24-2)19-9-4-3-5-10-19)23(29)25-14-21(28)16-27-13-12-18-8-6-7-11-20(18)15-27/h3-11,21,26,28H,2,12-16H2,1H3,(H,25,29)/b22-17+. The summed E-state index contributed by atoms with van der Waals surface area (Å²) >= 11 is 0. The van der Waals surface area contributed by atoms with Crippen LogP contribution in [0.2, 0.25) is 0 Å². The molecular formula is C23H28N4O2. The molecule has 1 amide bonds. The summed E-state index contributed by atoms with van der Waals surface area (Å²) in [6.45, 7) is 7.63. The smallest absolute Gasteiger partial charge is 0.249 e. The first-order chi connectivity index (χ1) is 14.1. The zero-order valence-electron chi connectivity index (χ0n) is 16.8. The fraction of sp³-hybridized carbons (Fsp3) is 0.304. The molecule has 1 heterocycles. The van der Waals surface area contributed by atoms with Crippen molar-refractivity contribution in [3.8, 4) is 0 Å². The molecule has 0 saturated carbocycles. The normalized spacial score (nSPS) is 15.7. The molecule has 0 fully saturated rings. The molecule has 0 spiro atoms. The Balaban J connectivity index is 1.56. The number of hydrogen-bond donors (Lipinski definition) is 3. The number of β-amino-alcohol motifs (C(OH)–C–C–N with tert-alkyl or cyclic N) is 1. The lowest BCUT2D eigenvalue weighted by molar-refractivity contribution is -0.117. The van der Waals surface area contributed by atoms with Gasteiger partial charge in [-0.2, -0.15) is 5.10 Å². The van der Waals surface area contributed by atoms with Gasteiger partial charge in [0.15, 0.2) is 0 Å². The average molecular weight is 393 g/mol. The third-order valence-electron chi connectivity index (χ3n) is 5.15. The number of nitrogens with one attached hydrogen (secondary N) is 2. The summed E-state index contributed by atoms with van der Waals surface area (Å²) in [5.41, 5.74) is 7.43. The van der Waals surface area contributed by atoms with Crippen molar-refractivity contribution in [3.05, 3.63) is 76.9 Å². The molecule has 0 radical (unpaired) electrons. The van der Waals surface area contributed by atoms with Crippen molar-refractivity contribution in [2.75, 3.05) is 19.6 Å². The van der Waals surface area contributed by atoms with Crippen LogP contribution in [-0.4, -0.2) is 48.4 Å². The van der Waals surface area contributed by atoms with E-state index in [0.717, 1.165) is 25.1 Å². The molecule has 2 aromatic carbocycles. The number of amides is 1. The molecule has 152 valence electrons. The summed E-state index contributed by atoms with van der Waals surface area (Å²) in [6.07, 6.45) is 0.347. The maximum atomic E-state index is 12.6. The number of fused-ring (bicyclic) bond motifs is 1. The van der Waals surface area contributed by atoms with Gasteiger partial charge in [-0.3, -0.25) is 15.1 Å². The third-order valence-corrected chi connectivity index (χ3v) is 5.15. The highest BCUT2D eigenvalue weighted by atomic mass is 16.3. The Bertz CT molecular complexity index is 879. The Morgan fingerprint density at radius 2 is 1.86 bits per heavy atom. The highest BCUT2D eigenvalue weighted by molar-refractivity contribution is 6.00. The molecule has 0 aromatic heterocycles. The molecule has 29 heavy (non-hydrogen) atoms. The van der Waals surface area contributed by atoms with Crippen LogP contribution in [0.25, 0.3) is 5.70 Å². The molecule has 1 unspecified atom stereocenters. The van der Waals surface area contributed by atoms with Gasteiger partial charge in [-0.05, 0) is 30.0 Å². The molecule has 0 saturated heterocycles. The first kappa shape index (κ1) is 20.8. The maximum absolute atomic E-state index is 12.6. The van der Waals surface area contributed by atoms with Crippen molar-refractivity contribution in [1.29, 1.82) is 0 Å². The highest BCUT2D eigenvalue weighted by Crippen LogP contribution is 2.19. The van der Waals surface area contributed by atoms with E-state index in [-0.39, 0.29) is 12.5 Å². The van der Waals surface area contributed by atoms with Gasteiger partial charge in [-0.15, -0.1) is 0 Å². The lowest BCUT2D eigenvalue weighted by Crippen LogP contribution is -2.42. The van der Waals surface area contributed by atoms with E-state index in [4.69, 9.17) is 0 Å². The van der Waals surface area contributed by atoms with E-state index in [2.05, 4.69) is 45.7 Å². The minimum Gasteiger partial charge on any atom is -0.390 e. The monoisotopic (exact) mass is 392 g/mol. The molecule has 1 aliphatic rings. The number of nitrogens with zero attached hydrogens (tertiary/aromatic N) is 2. The number of aliphatic hydroxyl groups is 1. The van der Waals surface area contributed by atoms with Crippen LogP contribution in [0.5, 0.6) is 0 Å². The zero-order valence-corrected chi connectivity index (χ0v) is 16.8. The molecule has 0 aliphatic carbocycles. The van der Waals surface area contributed by atoms with E-state index in [1.165, 1.54) is 11.1 Å². The first-order valence-electron chi connectivity index (χ1n) is 9.82. The van der Waals surface area contributed by atoms with E-state index in [9.17, 15) is 9.90 Å². The number of hydrogen-bond acceptors (Lipinski definition) is 5. The lowest BCUT2D eigenvalue weighted by atomic mass is 10.00. The van der Waals surface area contributed by atoms with Gasteiger partial charge < -0.3 is 10.4 Å². The summed E-state index contributed by atoms with van der Waals surface area (Å²) in [4.78, 5) is 14.8. The molecule has 1 atom stereocenters. The lowest BCUT2D eigenvalue weighted by Gasteiger charge is -2.30. The molecule has 6 nitrogen and oxygen atoms in total. The molecule has 0 bridgehead atoms. The Kier molecular flexibility index (Phi) is 7.16. The highest BCUT2D eigenvalue weighted by Gasteiger charge is 2.19. The first-order valence-corrected chi connectivity index (χ1v) is 9.82. The zero-order chi connectivity index (χ0) is 20.6. The predicted octanol–water partition coefficient (Wildman–Crippen LogP) is 2.16. The van der Waals surface area contributed by atoms with Crippen LogP contribution in [0, 0.1) is 0 Å². The summed E-state index contributed by atoms with van der Waals surface area (Å²) < 4.78 is 0. The van der Waals surface area contributed by atoms with Crippen molar-refractivity contribution in [1.82, 2.24) is 15.6 Å². The van der Waals surface area contributed by atoms with Crippen molar-refractivity contribution >= 4 is 18.3 Å². The van der Waals surface area contributed by atoms with Crippen LogP contribution in [-0.2, 0) is 17.8 Å². The molecular weight excluding hydrogens is 364 g/mol. The van der Waals surface area contributed by atoms with E-state index in [0.29, 0.717) is 17.8 Å². The Hall–Kier alpha value is -2.96. The number of carbonyl (C=O) groups is 1. The molecule has 6 heteroatoms. The van der Waals surface area contributed by atoms with E-state index < -0.39 is 6.10 Å². The SMILES string of the molecule is C=NN/C(=C(\C)C(=O)NCC(O)CN1CCc2ccccc2C1)c1ccccc1. The Morgan fingerprint density at radius 1 is 1.17 bits per heavy atom. The molecule has 1 aliphatic heterocycles. The van der Waals surface area contributed by atoms with Crippen LogP contribution in [0.15, 0.2) is 65.3 Å². The number of benzene rings is 2. The van der Waals surface area contributed by atoms with Crippen molar-refractivity contribution in [3.63, 3.8) is 0 Å². The van der Waals surface area contributed by atoms with Crippen LogP contribution < -0.4 is 10.7 Å². The minimum absolute atomic E-state index is 0.192. The van der Waals surface area contributed by atoms with Crippen LogP contribution in [0.3, 0.4) is 0 Å². The van der Waals surface area contributed by atoms with Gasteiger partial charge in [0, 0.05) is 38.5 Å². The van der Waals surface area contributed by atoms with Gasteiger partial charge in [0.2, 0.25) is 5.91 Å². The predicted molar refractivity (Wildman–Crippen MR) is 116 cm³/mol. The summed E-state index contributed by atoms with van der Waals surface area (Å²) in [5, 5.41) is 17.0. The van der Waals surface area contributed by atoms with E-state index in [1.54, 1.807) is 6.92 Å². The van der Waals surface area contributed by atoms with Crippen molar-refractivity contribution in [2.24, 2.45) is 5.10 Å². The second kappa shape index (κ2) is 10.0. The van der Waals surface area contributed by atoms with Crippen molar-refractivity contribution < 1.29 is 9.90 Å². The fourth-order valence-electron chi connectivity index (χ4n) is 3.58. The quantitative estimate of drug-likeness (QED) is 0.366. The van der Waals surface area contributed by atoms with Gasteiger partial charge in [0.1, 0.15) is 0 Å². The number of aliphatic hydroxyl groups excluding tert-OH is 1. The van der Waals surface area contributed by atoms with Crippen molar-refractivity contribution in [2.45, 2.75) is 26.0 Å². The summed E-state index contributed by atoms with van der Waals surface area (Å²) in [7, 11) is 0. The number of hydrazone groups is 1.